The van der Waals surface area contributed by atoms with Gasteiger partial charge in [0, 0.05) is 29.1 Å². The predicted octanol–water partition coefficient (Wildman–Crippen LogP) is 2.09. The molecule has 2 unspecified atom stereocenters. The molecule has 4 heteroatoms. The second-order valence-corrected chi connectivity index (χ2v) is 5.41. The number of hydrogen-bond acceptors (Lipinski definition) is 3. The topological polar surface area (TPSA) is 40.7 Å². The minimum atomic E-state index is 0.705. The number of nitrogens with zero attached hydrogens (tertiary/aromatic N) is 1. The number of aryl methyl sites for hydroxylation is 1. The Morgan fingerprint density at radius 3 is 3.07 bits per heavy atom. The monoisotopic (exact) mass is 225 g/mol. The van der Waals surface area contributed by atoms with Crippen molar-refractivity contribution in [2.75, 3.05) is 6.26 Å². The first-order valence-corrected chi connectivity index (χ1v) is 6.83. The van der Waals surface area contributed by atoms with Gasteiger partial charge in [0.15, 0.2) is 0 Å². The van der Waals surface area contributed by atoms with Crippen LogP contribution in [0.2, 0.25) is 0 Å². The van der Waals surface area contributed by atoms with E-state index in [1.807, 2.05) is 18.0 Å². The van der Waals surface area contributed by atoms with Crippen LogP contribution in [0.5, 0.6) is 0 Å². The SMILES string of the molecule is CSC1CCC(NCc2cn[nH]c2C)C1. The van der Waals surface area contributed by atoms with Crippen molar-refractivity contribution in [3.8, 4) is 0 Å². The van der Waals surface area contributed by atoms with Gasteiger partial charge in [-0.05, 0) is 32.4 Å². The first kappa shape index (κ1) is 11.0. The lowest BCUT2D eigenvalue weighted by Crippen LogP contribution is -2.26. The van der Waals surface area contributed by atoms with E-state index in [-0.39, 0.29) is 0 Å². The molecule has 1 aliphatic rings. The summed E-state index contributed by atoms with van der Waals surface area (Å²) in [5.74, 6) is 0. The van der Waals surface area contributed by atoms with E-state index in [2.05, 4.69) is 28.7 Å². The highest BCUT2D eigenvalue weighted by molar-refractivity contribution is 7.99. The molecular weight excluding hydrogens is 206 g/mol. The quantitative estimate of drug-likeness (QED) is 0.824. The minimum Gasteiger partial charge on any atom is -0.310 e. The molecule has 0 bridgehead atoms. The molecule has 0 amide bonds. The van der Waals surface area contributed by atoms with Crippen LogP contribution in [0.25, 0.3) is 0 Å². The fourth-order valence-electron chi connectivity index (χ4n) is 2.15. The Kier molecular flexibility index (Phi) is 3.70. The van der Waals surface area contributed by atoms with Crippen LogP contribution in [-0.4, -0.2) is 27.7 Å². The summed E-state index contributed by atoms with van der Waals surface area (Å²) in [4.78, 5) is 0. The van der Waals surface area contributed by atoms with Crippen molar-refractivity contribution in [2.24, 2.45) is 0 Å². The number of thioether (sulfide) groups is 1. The van der Waals surface area contributed by atoms with Gasteiger partial charge >= 0.3 is 0 Å². The Bertz CT molecular complexity index is 311. The standard InChI is InChI=1S/C11H19N3S/c1-8-9(7-13-14-8)6-12-10-3-4-11(5-10)15-2/h7,10-12H,3-6H2,1-2H3,(H,13,14). The van der Waals surface area contributed by atoms with Crippen molar-refractivity contribution in [3.05, 3.63) is 17.5 Å². The smallest absolute Gasteiger partial charge is 0.0535 e. The fourth-order valence-corrected chi connectivity index (χ4v) is 2.94. The normalized spacial score (nSPS) is 26.0. The van der Waals surface area contributed by atoms with Gasteiger partial charge in [-0.25, -0.2) is 0 Å². The second-order valence-electron chi connectivity index (χ2n) is 4.27. The van der Waals surface area contributed by atoms with Crippen molar-refractivity contribution < 1.29 is 0 Å². The Hall–Kier alpha value is -0.480. The second kappa shape index (κ2) is 5.03. The first-order chi connectivity index (χ1) is 7.29. The third-order valence-corrected chi connectivity index (χ3v) is 4.33. The summed E-state index contributed by atoms with van der Waals surface area (Å²) in [6.07, 6.45) is 8.14. The molecule has 1 saturated carbocycles. The number of hydrogen-bond donors (Lipinski definition) is 2. The highest BCUT2D eigenvalue weighted by Gasteiger charge is 2.23. The van der Waals surface area contributed by atoms with Crippen molar-refractivity contribution in [1.29, 1.82) is 0 Å². The van der Waals surface area contributed by atoms with Crippen LogP contribution < -0.4 is 5.32 Å². The van der Waals surface area contributed by atoms with E-state index in [0.717, 1.165) is 11.8 Å². The molecule has 0 aliphatic heterocycles. The van der Waals surface area contributed by atoms with Crippen molar-refractivity contribution in [2.45, 2.75) is 44.0 Å². The molecule has 1 aliphatic carbocycles. The number of aromatic nitrogens is 2. The van der Waals surface area contributed by atoms with E-state index in [4.69, 9.17) is 0 Å². The zero-order valence-electron chi connectivity index (χ0n) is 9.42. The molecule has 15 heavy (non-hydrogen) atoms. The van der Waals surface area contributed by atoms with Crippen LogP contribution >= 0.6 is 11.8 Å². The Labute approximate surface area is 95.4 Å². The molecule has 2 N–H and O–H groups in total. The largest absolute Gasteiger partial charge is 0.310 e. The molecule has 0 saturated heterocycles. The van der Waals surface area contributed by atoms with Crippen LogP contribution in [0, 0.1) is 6.92 Å². The van der Waals surface area contributed by atoms with Crippen LogP contribution in [-0.2, 0) is 6.54 Å². The minimum absolute atomic E-state index is 0.705. The number of rotatable bonds is 4. The predicted molar refractivity (Wildman–Crippen MR) is 65.1 cm³/mol. The molecule has 3 nitrogen and oxygen atoms in total. The van der Waals surface area contributed by atoms with E-state index in [9.17, 15) is 0 Å². The molecule has 1 aromatic heterocycles. The lowest BCUT2D eigenvalue weighted by Gasteiger charge is -2.12. The van der Waals surface area contributed by atoms with Gasteiger partial charge in [0.2, 0.25) is 0 Å². The molecule has 1 heterocycles. The van der Waals surface area contributed by atoms with Crippen molar-refractivity contribution in [3.63, 3.8) is 0 Å². The van der Waals surface area contributed by atoms with Gasteiger partial charge in [-0.15, -0.1) is 0 Å². The molecule has 0 radical (unpaired) electrons. The van der Waals surface area contributed by atoms with Crippen LogP contribution in [0.15, 0.2) is 6.20 Å². The van der Waals surface area contributed by atoms with Gasteiger partial charge in [-0.3, -0.25) is 5.10 Å². The summed E-state index contributed by atoms with van der Waals surface area (Å²) in [5.41, 5.74) is 2.48. The number of nitrogens with one attached hydrogen (secondary N) is 2. The fraction of sp³-hybridized carbons (Fsp3) is 0.727. The molecule has 0 aromatic carbocycles. The average molecular weight is 225 g/mol. The Morgan fingerprint density at radius 1 is 1.60 bits per heavy atom. The van der Waals surface area contributed by atoms with E-state index in [1.165, 1.54) is 30.5 Å². The highest BCUT2D eigenvalue weighted by atomic mass is 32.2. The van der Waals surface area contributed by atoms with E-state index >= 15 is 0 Å². The average Bonchev–Trinajstić information content (AvgIpc) is 2.84. The molecular formula is C11H19N3S. The number of H-pyrrole nitrogens is 1. The van der Waals surface area contributed by atoms with E-state index in [0.29, 0.717) is 6.04 Å². The van der Waals surface area contributed by atoms with Gasteiger partial charge in [-0.2, -0.15) is 16.9 Å². The zero-order valence-corrected chi connectivity index (χ0v) is 10.2. The molecule has 84 valence electrons. The molecule has 1 aromatic rings. The van der Waals surface area contributed by atoms with Crippen LogP contribution in [0.1, 0.15) is 30.5 Å². The van der Waals surface area contributed by atoms with E-state index in [1.54, 1.807) is 0 Å². The maximum atomic E-state index is 4.03. The van der Waals surface area contributed by atoms with Crippen LogP contribution in [0.3, 0.4) is 0 Å². The summed E-state index contributed by atoms with van der Waals surface area (Å²) >= 11 is 2.00. The lowest BCUT2D eigenvalue weighted by atomic mass is 10.2. The van der Waals surface area contributed by atoms with Gasteiger partial charge in [0.05, 0.1) is 6.20 Å². The maximum absolute atomic E-state index is 4.03. The van der Waals surface area contributed by atoms with Crippen molar-refractivity contribution >= 4 is 11.8 Å². The van der Waals surface area contributed by atoms with Gasteiger partial charge < -0.3 is 5.32 Å². The molecule has 0 spiro atoms. The maximum Gasteiger partial charge on any atom is 0.0535 e. The van der Waals surface area contributed by atoms with Crippen LogP contribution in [0.4, 0.5) is 0 Å². The van der Waals surface area contributed by atoms with Gasteiger partial charge in [0.25, 0.3) is 0 Å². The van der Waals surface area contributed by atoms with Gasteiger partial charge in [0.1, 0.15) is 0 Å². The highest BCUT2D eigenvalue weighted by Crippen LogP contribution is 2.28. The Morgan fingerprint density at radius 2 is 2.47 bits per heavy atom. The molecule has 2 rings (SSSR count). The Balaban J connectivity index is 1.77. The zero-order chi connectivity index (χ0) is 10.7. The lowest BCUT2D eigenvalue weighted by molar-refractivity contribution is 0.524. The summed E-state index contributed by atoms with van der Waals surface area (Å²) in [6.45, 7) is 3.03. The summed E-state index contributed by atoms with van der Waals surface area (Å²) in [5, 5.41) is 11.5. The summed E-state index contributed by atoms with van der Waals surface area (Å²) in [6, 6.07) is 0.705. The molecule has 2 atom stereocenters. The van der Waals surface area contributed by atoms with E-state index < -0.39 is 0 Å². The third-order valence-electron chi connectivity index (χ3n) is 3.23. The summed E-state index contributed by atoms with van der Waals surface area (Å²) in [7, 11) is 0. The van der Waals surface area contributed by atoms with Crippen molar-refractivity contribution in [1.82, 2.24) is 15.5 Å². The first-order valence-electron chi connectivity index (χ1n) is 5.54. The third kappa shape index (κ3) is 2.75. The molecule has 1 fully saturated rings. The summed E-state index contributed by atoms with van der Waals surface area (Å²) < 4.78 is 0. The number of aromatic amines is 1. The van der Waals surface area contributed by atoms with Gasteiger partial charge in [-0.1, -0.05) is 0 Å².